The summed E-state index contributed by atoms with van der Waals surface area (Å²) in [6.45, 7) is 1.39. The van der Waals surface area contributed by atoms with E-state index in [1.807, 2.05) is 11.0 Å². The van der Waals surface area contributed by atoms with Gasteiger partial charge in [-0.05, 0) is 56.7 Å². The summed E-state index contributed by atoms with van der Waals surface area (Å²) in [6.07, 6.45) is 4.23. The van der Waals surface area contributed by atoms with Gasteiger partial charge in [-0.15, -0.1) is 0 Å². The number of benzene rings is 1. The van der Waals surface area contributed by atoms with Crippen molar-refractivity contribution in [2.75, 3.05) is 13.1 Å². The van der Waals surface area contributed by atoms with E-state index < -0.39 is 5.97 Å². The van der Waals surface area contributed by atoms with Gasteiger partial charge in [0.15, 0.2) is 11.5 Å². The second-order valence-corrected chi connectivity index (χ2v) is 8.09. The molecule has 2 aliphatic rings. The maximum absolute atomic E-state index is 12.8. The third-order valence-corrected chi connectivity index (χ3v) is 6.18. The van der Waals surface area contributed by atoms with Crippen LogP contribution in [0.5, 0.6) is 0 Å². The average Bonchev–Trinajstić information content (AvgIpc) is 3.11. The first-order valence-corrected chi connectivity index (χ1v) is 9.96. The largest absolute Gasteiger partial charge is 0.481 e. The molecule has 1 aromatic carbocycles. The van der Waals surface area contributed by atoms with Crippen LogP contribution in [0, 0.1) is 11.8 Å². The normalized spacial score (nSPS) is 24.3. The van der Waals surface area contributed by atoms with Crippen LogP contribution in [0.1, 0.15) is 50.3 Å². The Morgan fingerprint density at radius 1 is 1.07 bits per heavy atom. The number of carboxylic acid groups (broad SMARTS) is 1. The van der Waals surface area contributed by atoms with E-state index >= 15 is 0 Å². The molecule has 0 radical (unpaired) electrons. The number of halogens is 1. The first-order chi connectivity index (χ1) is 13.0. The lowest BCUT2D eigenvalue weighted by Gasteiger charge is -2.35. The van der Waals surface area contributed by atoms with E-state index in [1.54, 1.807) is 12.1 Å². The van der Waals surface area contributed by atoms with Gasteiger partial charge in [0.05, 0.1) is 5.92 Å². The number of amides is 1. The molecule has 1 saturated carbocycles. The van der Waals surface area contributed by atoms with Crippen molar-refractivity contribution >= 4 is 34.6 Å². The quantitative estimate of drug-likeness (QED) is 0.853. The zero-order valence-corrected chi connectivity index (χ0v) is 15.8. The van der Waals surface area contributed by atoms with Gasteiger partial charge in [-0.1, -0.05) is 11.6 Å². The van der Waals surface area contributed by atoms with Crippen LogP contribution < -0.4 is 0 Å². The maximum atomic E-state index is 12.8. The molecule has 4 rings (SSSR count). The number of nitrogens with zero attached hydrogens (tertiary/aromatic N) is 2. The van der Waals surface area contributed by atoms with E-state index in [4.69, 9.17) is 21.1 Å². The molecule has 1 amide bonds. The Morgan fingerprint density at radius 2 is 1.74 bits per heavy atom. The van der Waals surface area contributed by atoms with Crippen molar-refractivity contribution in [2.45, 2.75) is 44.4 Å². The maximum Gasteiger partial charge on any atom is 0.306 e. The molecule has 1 aromatic heterocycles. The summed E-state index contributed by atoms with van der Waals surface area (Å²) in [5.41, 5.74) is 1.51. The molecule has 2 aromatic rings. The van der Waals surface area contributed by atoms with Crippen LogP contribution in [0.4, 0.5) is 0 Å². The molecule has 7 heteroatoms. The molecule has 1 aliphatic carbocycles. The number of oxazole rings is 1. The molecule has 1 aliphatic heterocycles. The summed E-state index contributed by atoms with van der Waals surface area (Å²) < 4.78 is 5.88. The summed E-state index contributed by atoms with van der Waals surface area (Å²) in [7, 11) is 0. The summed E-state index contributed by atoms with van der Waals surface area (Å²) in [6, 6.07) is 5.43. The number of hydrogen-bond donors (Lipinski definition) is 1. The predicted octanol–water partition coefficient (Wildman–Crippen LogP) is 4.08. The molecule has 1 N–H and O–H groups in total. The number of carbonyl (C=O) groups excluding carboxylic acids is 1. The monoisotopic (exact) mass is 390 g/mol. The van der Waals surface area contributed by atoms with Crippen molar-refractivity contribution in [1.82, 2.24) is 9.88 Å². The fourth-order valence-corrected chi connectivity index (χ4v) is 4.45. The number of likely N-dealkylation sites (tertiary alicyclic amines) is 1. The minimum absolute atomic E-state index is 0.0244. The molecule has 0 spiro atoms. The molecule has 2 heterocycles. The highest BCUT2D eigenvalue weighted by molar-refractivity contribution is 6.31. The SMILES string of the molecule is O=C(O)C1CCC(C(=O)N2CCC(c3nc4cc(Cl)ccc4o3)CC2)CC1. The van der Waals surface area contributed by atoms with Crippen LogP contribution in [0.2, 0.25) is 5.02 Å². The summed E-state index contributed by atoms with van der Waals surface area (Å²) in [4.78, 5) is 30.3. The van der Waals surface area contributed by atoms with Crippen LogP contribution in [-0.4, -0.2) is 40.0 Å². The number of fused-ring (bicyclic) bond motifs is 1. The van der Waals surface area contributed by atoms with Gasteiger partial charge in [0.25, 0.3) is 0 Å². The van der Waals surface area contributed by atoms with Gasteiger partial charge in [0, 0.05) is 29.9 Å². The molecule has 27 heavy (non-hydrogen) atoms. The van der Waals surface area contributed by atoms with E-state index in [0.717, 1.165) is 29.8 Å². The van der Waals surface area contributed by atoms with Crippen molar-refractivity contribution in [3.05, 3.63) is 29.1 Å². The number of carboxylic acids is 1. The molecule has 1 saturated heterocycles. The molecule has 144 valence electrons. The third kappa shape index (κ3) is 3.81. The second kappa shape index (κ2) is 7.50. The number of piperidine rings is 1. The molecular weight excluding hydrogens is 368 g/mol. The summed E-state index contributed by atoms with van der Waals surface area (Å²) in [5, 5.41) is 9.74. The smallest absolute Gasteiger partial charge is 0.306 e. The number of carbonyl (C=O) groups is 2. The van der Waals surface area contributed by atoms with Crippen molar-refractivity contribution < 1.29 is 19.1 Å². The number of aliphatic carboxylic acids is 1. The van der Waals surface area contributed by atoms with Gasteiger partial charge in [-0.25, -0.2) is 4.98 Å². The number of aromatic nitrogens is 1. The highest BCUT2D eigenvalue weighted by Crippen LogP contribution is 2.34. The highest BCUT2D eigenvalue weighted by Gasteiger charge is 2.34. The number of rotatable bonds is 3. The van der Waals surface area contributed by atoms with Gasteiger partial charge in [-0.2, -0.15) is 0 Å². The van der Waals surface area contributed by atoms with E-state index in [9.17, 15) is 9.59 Å². The predicted molar refractivity (Wildman–Crippen MR) is 101 cm³/mol. The first kappa shape index (κ1) is 18.3. The standard InChI is InChI=1S/C20H23ClN2O4/c21-15-5-6-17-16(11-15)22-18(27-17)12-7-9-23(10-8-12)19(24)13-1-3-14(4-2-13)20(25)26/h5-6,11-14H,1-4,7-10H2,(H,25,26). The first-order valence-electron chi connectivity index (χ1n) is 9.59. The van der Waals surface area contributed by atoms with Crippen LogP contribution in [0.25, 0.3) is 11.1 Å². The summed E-state index contributed by atoms with van der Waals surface area (Å²) in [5.74, 6) is 0.0725. The Labute approximate surface area is 162 Å². The molecule has 6 nitrogen and oxygen atoms in total. The fourth-order valence-electron chi connectivity index (χ4n) is 4.29. The van der Waals surface area contributed by atoms with Crippen LogP contribution in [0.15, 0.2) is 22.6 Å². The molecule has 0 unspecified atom stereocenters. The molecule has 2 fully saturated rings. The van der Waals surface area contributed by atoms with Gasteiger partial charge >= 0.3 is 5.97 Å². The minimum Gasteiger partial charge on any atom is -0.481 e. The molecular formula is C20H23ClN2O4. The lowest BCUT2D eigenvalue weighted by molar-refractivity contribution is -0.146. The van der Waals surface area contributed by atoms with Gasteiger partial charge in [-0.3, -0.25) is 9.59 Å². The Kier molecular flexibility index (Phi) is 5.08. The second-order valence-electron chi connectivity index (χ2n) is 7.65. The Morgan fingerprint density at radius 3 is 2.41 bits per heavy atom. The van der Waals surface area contributed by atoms with Crippen molar-refractivity contribution in [3.63, 3.8) is 0 Å². The van der Waals surface area contributed by atoms with Crippen molar-refractivity contribution in [2.24, 2.45) is 11.8 Å². The Bertz CT molecular complexity index is 849. The van der Waals surface area contributed by atoms with Crippen molar-refractivity contribution in [1.29, 1.82) is 0 Å². The third-order valence-electron chi connectivity index (χ3n) is 5.95. The zero-order valence-electron chi connectivity index (χ0n) is 15.1. The molecule has 0 atom stereocenters. The lowest BCUT2D eigenvalue weighted by Crippen LogP contribution is -2.42. The van der Waals surface area contributed by atoms with Gasteiger partial charge in [0.2, 0.25) is 5.91 Å². The van der Waals surface area contributed by atoms with Crippen molar-refractivity contribution in [3.8, 4) is 0 Å². The zero-order chi connectivity index (χ0) is 19.0. The highest BCUT2D eigenvalue weighted by atomic mass is 35.5. The van der Waals surface area contributed by atoms with E-state index in [2.05, 4.69) is 4.98 Å². The van der Waals surface area contributed by atoms with Gasteiger partial charge < -0.3 is 14.4 Å². The van der Waals surface area contributed by atoms with E-state index in [-0.39, 0.29) is 23.7 Å². The van der Waals surface area contributed by atoms with E-state index in [1.165, 1.54) is 0 Å². The average molecular weight is 391 g/mol. The number of hydrogen-bond acceptors (Lipinski definition) is 4. The lowest BCUT2D eigenvalue weighted by atomic mass is 9.81. The Hall–Kier alpha value is -2.08. The summed E-state index contributed by atoms with van der Waals surface area (Å²) >= 11 is 6.01. The van der Waals surface area contributed by atoms with Crippen LogP contribution in [-0.2, 0) is 9.59 Å². The fraction of sp³-hybridized carbons (Fsp3) is 0.550. The molecule has 0 bridgehead atoms. The van der Waals surface area contributed by atoms with Crippen LogP contribution >= 0.6 is 11.6 Å². The van der Waals surface area contributed by atoms with Crippen LogP contribution in [0.3, 0.4) is 0 Å². The Balaban J connectivity index is 1.34. The van der Waals surface area contributed by atoms with Gasteiger partial charge in [0.1, 0.15) is 5.52 Å². The topological polar surface area (TPSA) is 83.6 Å². The van der Waals surface area contributed by atoms with E-state index in [0.29, 0.717) is 43.8 Å². The minimum atomic E-state index is -0.735.